The largest absolute Gasteiger partial charge is 0.457 e. The van der Waals surface area contributed by atoms with E-state index in [1.54, 1.807) is 33.9 Å². The molecule has 0 radical (unpaired) electrons. The Morgan fingerprint density at radius 3 is 2.55 bits per heavy atom. The van der Waals surface area contributed by atoms with Crippen LogP contribution in [0.25, 0.3) is 11.1 Å². The van der Waals surface area contributed by atoms with Gasteiger partial charge in [0.15, 0.2) is 18.4 Å². The van der Waals surface area contributed by atoms with Crippen LogP contribution >= 0.6 is 0 Å². The highest BCUT2D eigenvalue weighted by atomic mass is 16.5. The van der Waals surface area contributed by atoms with Crippen molar-refractivity contribution in [3.63, 3.8) is 0 Å². The zero-order valence-corrected chi connectivity index (χ0v) is 19.7. The van der Waals surface area contributed by atoms with Crippen LogP contribution in [0, 0.1) is 5.41 Å². The van der Waals surface area contributed by atoms with Crippen LogP contribution in [0.3, 0.4) is 0 Å². The number of carbonyl (C=O) groups excluding carboxylic acids is 3. The number of likely N-dealkylation sites (N-methyl/N-ethyl adjacent to an activating group) is 1. The number of carbonyl (C=O) groups is 3. The normalized spacial score (nSPS) is 20.3. The van der Waals surface area contributed by atoms with E-state index in [1.807, 2.05) is 12.1 Å². The number of esters is 1. The molecule has 4 rings (SSSR count). The van der Waals surface area contributed by atoms with Gasteiger partial charge in [0.05, 0.1) is 11.5 Å². The summed E-state index contributed by atoms with van der Waals surface area (Å²) in [4.78, 5) is 46.8. The highest BCUT2D eigenvalue weighted by Gasteiger charge is 2.46. The molecule has 0 bridgehead atoms. The summed E-state index contributed by atoms with van der Waals surface area (Å²) in [7, 11) is 3.25. The first-order valence-electron chi connectivity index (χ1n) is 11.0. The van der Waals surface area contributed by atoms with Crippen LogP contribution in [0.1, 0.15) is 45.4 Å². The molecule has 0 saturated carbocycles. The van der Waals surface area contributed by atoms with Gasteiger partial charge >= 0.3 is 12.0 Å². The second kappa shape index (κ2) is 8.66. The molecule has 1 atom stereocenters. The van der Waals surface area contributed by atoms with E-state index in [0.29, 0.717) is 16.9 Å². The van der Waals surface area contributed by atoms with E-state index in [1.165, 1.54) is 11.9 Å². The lowest BCUT2D eigenvalue weighted by Crippen LogP contribution is -2.37. The van der Waals surface area contributed by atoms with Crippen LogP contribution in [0.4, 0.5) is 10.6 Å². The van der Waals surface area contributed by atoms with E-state index < -0.39 is 36.1 Å². The number of pyridine rings is 1. The van der Waals surface area contributed by atoms with Gasteiger partial charge in [0.25, 0.3) is 5.91 Å². The number of aromatic nitrogens is 1. The number of rotatable bonds is 5. The van der Waals surface area contributed by atoms with Gasteiger partial charge in [-0.05, 0) is 45.7 Å². The minimum absolute atomic E-state index is 0.276. The smallest absolute Gasteiger partial charge is 0.330 e. The summed E-state index contributed by atoms with van der Waals surface area (Å²) >= 11 is 0. The number of methoxy groups -OCH3 is 1. The quantitative estimate of drug-likeness (QED) is 0.497. The molecule has 0 unspecified atom stereocenters. The topological polar surface area (TPSA) is 105 Å². The van der Waals surface area contributed by atoms with Crippen molar-refractivity contribution in [2.45, 2.75) is 45.8 Å². The van der Waals surface area contributed by atoms with Crippen LogP contribution in [0.2, 0.25) is 0 Å². The first-order chi connectivity index (χ1) is 15.6. The summed E-state index contributed by atoms with van der Waals surface area (Å²) in [6.07, 6.45) is 2.15. The molecule has 2 fully saturated rings. The molecule has 2 aliphatic rings. The average Bonchev–Trinajstić information content (AvgIpc) is 3.29. The number of nitrogens with zero attached hydrogens (tertiary/aromatic N) is 4. The lowest BCUT2D eigenvalue weighted by atomic mass is 9.98. The van der Waals surface area contributed by atoms with Crippen molar-refractivity contribution >= 4 is 34.8 Å². The van der Waals surface area contributed by atoms with Crippen LogP contribution in [0.5, 0.6) is 0 Å². The third-order valence-electron chi connectivity index (χ3n) is 6.10. The number of piperidine rings is 1. The lowest BCUT2D eigenvalue weighted by Gasteiger charge is -2.32. The van der Waals surface area contributed by atoms with Gasteiger partial charge in [0.2, 0.25) is 0 Å². The van der Waals surface area contributed by atoms with Crippen molar-refractivity contribution < 1.29 is 28.3 Å². The number of hydrogen-bond acceptors (Lipinski definition) is 8. The maximum absolute atomic E-state index is 13.0. The molecule has 3 amide bonds. The van der Waals surface area contributed by atoms with Crippen molar-refractivity contribution in [1.82, 2.24) is 14.8 Å². The zero-order valence-electron chi connectivity index (χ0n) is 19.7. The van der Waals surface area contributed by atoms with E-state index in [2.05, 4.69) is 4.90 Å². The predicted molar refractivity (Wildman–Crippen MR) is 119 cm³/mol. The number of urea groups is 1. The molecular formula is C23H30N4O6. The van der Waals surface area contributed by atoms with Gasteiger partial charge in [-0.2, -0.15) is 0 Å². The van der Waals surface area contributed by atoms with Gasteiger partial charge in [0, 0.05) is 33.3 Å². The van der Waals surface area contributed by atoms with Crippen molar-refractivity contribution in [3.05, 3.63) is 24.0 Å². The van der Waals surface area contributed by atoms with Gasteiger partial charge in [-0.25, -0.2) is 14.7 Å². The SMILES string of the molecule is COC1CCN(c2ccc3oc([C@H]4C(=O)N(COC(=O)C(C)(C)C)C(=O)N4C)cc3n2)CC1. The molecule has 0 N–H and O–H groups in total. The van der Waals surface area contributed by atoms with E-state index >= 15 is 0 Å². The second-order valence-electron chi connectivity index (χ2n) is 9.50. The highest BCUT2D eigenvalue weighted by molar-refractivity contribution is 6.04. The molecule has 2 aromatic rings. The van der Waals surface area contributed by atoms with Crippen molar-refractivity contribution in [2.75, 3.05) is 38.9 Å². The number of fused-ring (bicyclic) bond motifs is 1. The van der Waals surface area contributed by atoms with E-state index in [-0.39, 0.29) is 6.10 Å². The molecule has 0 spiro atoms. The number of amides is 3. The predicted octanol–water partition coefficient (Wildman–Crippen LogP) is 2.92. The van der Waals surface area contributed by atoms with Crippen LogP contribution < -0.4 is 4.90 Å². The summed E-state index contributed by atoms with van der Waals surface area (Å²) in [6.45, 7) is 6.37. The Hall–Kier alpha value is -3.14. The highest BCUT2D eigenvalue weighted by Crippen LogP contribution is 2.34. The third kappa shape index (κ3) is 4.39. The fraction of sp³-hybridized carbons (Fsp3) is 0.565. The number of ether oxygens (including phenoxy) is 2. The second-order valence-corrected chi connectivity index (χ2v) is 9.50. The van der Waals surface area contributed by atoms with Gasteiger partial charge in [-0.15, -0.1) is 0 Å². The van der Waals surface area contributed by atoms with E-state index in [0.717, 1.165) is 36.6 Å². The third-order valence-corrected chi connectivity index (χ3v) is 6.10. The molecular weight excluding hydrogens is 428 g/mol. The Morgan fingerprint density at radius 2 is 1.91 bits per heavy atom. The first kappa shape index (κ1) is 23.0. The van der Waals surface area contributed by atoms with Crippen molar-refractivity contribution in [2.24, 2.45) is 5.41 Å². The van der Waals surface area contributed by atoms with Gasteiger partial charge in [-0.3, -0.25) is 9.59 Å². The number of anilines is 1. The Kier molecular flexibility index (Phi) is 6.04. The molecule has 2 aliphatic heterocycles. The average molecular weight is 459 g/mol. The fourth-order valence-electron chi connectivity index (χ4n) is 4.04. The summed E-state index contributed by atoms with van der Waals surface area (Å²) in [5.41, 5.74) is 0.410. The molecule has 10 nitrogen and oxygen atoms in total. The van der Waals surface area contributed by atoms with E-state index in [4.69, 9.17) is 18.9 Å². The maximum Gasteiger partial charge on any atom is 0.330 e. The van der Waals surface area contributed by atoms with Crippen molar-refractivity contribution in [3.8, 4) is 0 Å². The molecule has 4 heterocycles. The summed E-state index contributed by atoms with van der Waals surface area (Å²) < 4.78 is 16.5. The zero-order chi connectivity index (χ0) is 23.9. The minimum atomic E-state index is -0.944. The Morgan fingerprint density at radius 1 is 1.21 bits per heavy atom. The minimum Gasteiger partial charge on any atom is -0.457 e. The fourth-order valence-corrected chi connectivity index (χ4v) is 4.04. The number of imide groups is 1. The number of furan rings is 1. The Labute approximate surface area is 192 Å². The standard InChI is InChI=1S/C23H30N4O6/c1-23(2,3)21(29)32-13-27-20(28)19(25(4)22(27)30)17-12-15-16(33-17)6-7-18(24-15)26-10-8-14(31-5)9-11-26/h6-7,12,14,19H,8-11,13H2,1-5H3/t19-/m0/s1. The summed E-state index contributed by atoms with van der Waals surface area (Å²) in [6, 6.07) is 3.92. The molecule has 33 heavy (non-hydrogen) atoms. The van der Waals surface area contributed by atoms with Crippen LogP contribution in [-0.4, -0.2) is 72.8 Å². The molecule has 10 heteroatoms. The summed E-state index contributed by atoms with van der Waals surface area (Å²) in [5, 5.41) is 0. The van der Waals surface area contributed by atoms with Gasteiger partial charge < -0.3 is 23.7 Å². The van der Waals surface area contributed by atoms with Gasteiger partial charge in [0.1, 0.15) is 17.1 Å². The number of hydrogen-bond donors (Lipinski definition) is 0. The molecule has 178 valence electrons. The van der Waals surface area contributed by atoms with E-state index in [9.17, 15) is 14.4 Å². The molecule has 2 aromatic heterocycles. The van der Waals surface area contributed by atoms with Crippen LogP contribution in [0.15, 0.2) is 22.6 Å². The lowest BCUT2D eigenvalue weighted by molar-refractivity contribution is -0.158. The maximum atomic E-state index is 13.0. The van der Waals surface area contributed by atoms with Crippen molar-refractivity contribution in [1.29, 1.82) is 0 Å². The summed E-state index contributed by atoms with van der Waals surface area (Å²) in [5.74, 6) is 0.148. The first-order valence-corrected chi connectivity index (χ1v) is 11.0. The molecule has 0 aliphatic carbocycles. The Bertz CT molecular complexity index is 1070. The van der Waals surface area contributed by atoms with Gasteiger partial charge in [-0.1, -0.05) is 0 Å². The molecule has 0 aromatic carbocycles. The molecule has 2 saturated heterocycles. The van der Waals surface area contributed by atoms with Crippen LogP contribution in [-0.2, 0) is 19.1 Å². The Balaban J connectivity index is 1.51. The monoisotopic (exact) mass is 458 g/mol.